The van der Waals surface area contributed by atoms with E-state index in [1.807, 2.05) is 6.07 Å². The molecule has 1 saturated carbocycles. The Hall–Kier alpha value is -2.98. The molecule has 4 aliphatic rings. The summed E-state index contributed by atoms with van der Waals surface area (Å²) in [5, 5.41) is 16.3. The molecule has 0 aromatic carbocycles. The lowest BCUT2D eigenvalue weighted by Gasteiger charge is -2.54. The van der Waals surface area contributed by atoms with Crippen LogP contribution < -0.4 is 16.0 Å². The van der Waals surface area contributed by atoms with Crippen LogP contribution in [0.15, 0.2) is 0 Å². The first-order chi connectivity index (χ1) is 17.7. The topological polar surface area (TPSA) is 131 Å². The van der Waals surface area contributed by atoms with Crippen LogP contribution in [0.3, 0.4) is 0 Å². The minimum atomic E-state index is -5.27. The minimum Gasteiger partial charge on any atom is -0.356 e. The monoisotopic (exact) mass is 549 g/mol. The van der Waals surface area contributed by atoms with Crippen LogP contribution >= 0.6 is 0 Å². The van der Waals surface area contributed by atoms with Gasteiger partial charge in [0, 0.05) is 24.9 Å². The van der Waals surface area contributed by atoms with Crippen molar-refractivity contribution in [1.82, 2.24) is 20.9 Å². The Balaban J connectivity index is 1.87. The molecule has 212 valence electrons. The summed E-state index contributed by atoms with van der Waals surface area (Å²) in [6.07, 6.45) is -5.15. The summed E-state index contributed by atoms with van der Waals surface area (Å²) in [7, 11) is 0. The third-order valence-corrected chi connectivity index (χ3v) is 7.42. The van der Waals surface area contributed by atoms with Crippen LogP contribution in [-0.4, -0.2) is 71.3 Å². The third-order valence-electron chi connectivity index (χ3n) is 7.42. The normalized spacial score (nSPS) is 28.2. The quantitative estimate of drug-likeness (QED) is 0.399. The number of alkyl halides is 5. The van der Waals surface area contributed by atoms with E-state index in [1.54, 1.807) is 19.2 Å². The van der Waals surface area contributed by atoms with Gasteiger partial charge in [-0.25, -0.2) is 8.78 Å². The number of carbonyl (C=O) groups is 4. The highest BCUT2D eigenvalue weighted by atomic mass is 19.4. The van der Waals surface area contributed by atoms with Crippen LogP contribution in [0.25, 0.3) is 0 Å². The van der Waals surface area contributed by atoms with Gasteiger partial charge in [-0.05, 0) is 44.4 Å². The first kappa shape index (κ1) is 29.6. The average Bonchev–Trinajstić information content (AvgIpc) is 2.82. The van der Waals surface area contributed by atoms with E-state index in [4.69, 9.17) is 0 Å². The van der Waals surface area contributed by atoms with Gasteiger partial charge in [0.15, 0.2) is 0 Å². The number of hydrogen-bond donors (Lipinski definition) is 3. The fourth-order valence-electron chi connectivity index (χ4n) is 5.68. The highest BCUT2D eigenvalue weighted by molar-refractivity contribution is 5.94. The van der Waals surface area contributed by atoms with Gasteiger partial charge in [-0.2, -0.15) is 18.4 Å². The standard InChI is InChI=1S/C24H32F5N5O4/c1-12(2)8-17(33-22(38)24(27,28)29)21(37)34-15-5-6-16(23(25,26)10-15)18(34)20(36)32-14(11-30)9-13-4-3-7-31-19(13)35/h12-18H,3-10H2,1-2H3,(H,31,35)(H,32,36)(H,33,38)/t13-,14+,15+,16+,17+,18+/m0/s1. The summed E-state index contributed by atoms with van der Waals surface area (Å²) in [6, 6.07) is -3.93. The number of rotatable bonds is 8. The van der Waals surface area contributed by atoms with E-state index in [2.05, 4.69) is 10.6 Å². The van der Waals surface area contributed by atoms with Crippen LogP contribution in [0.5, 0.6) is 0 Å². The minimum absolute atomic E-state index is 0.0587. The van der Waals surface area contributed by atoms with Gasteiger partial charge in [-0.15, -0.1) is 0 Å². The fraction of sp³-hybridized carbons (Fsp3) is 0.792. The number of nitrogens with one attached hydrogen (secondary N) is 3. The van der Waals surface area contributed by atoms with E-state index < -0.39 is 72.2 Å². The number of amides is 4. The summed E-state index contributed by atoms with van der Waals surface area (Å²) in [5.41, 5.74) is 0. The van der Waals surface area contributed by atoms with Gasteiger partial charge in [0.1, 0.15) is 18.1 Å². The molecule has 0 unspecified atom stereocenters. The maximum Gasteiger partial charge on any atom is 0.471 e. The van der Waals surface area contributed by atoms with Crippen LogP contribution in [-0.2, 0) is 19.2 Å². The molecule has 4 fully saturated rings. The number of piperidine rings is 3. The molecule has 4 rings (SSSR count). The van der Waals surface area contributed by atoms with Gasteiger partial charge in [0.25, 0.3) is 5.92 Å². The van der Waals surface area contributed by atoms with Crippen molar-refractivity contribution in [3.05, 3.63) is 0 Å². The average molecular weight is 550 g/mol. The molecule has 3 N–H and O–H groups in total. The summed E-state index contributed by atoms with van der Waals surface area (Å²) < 4.78 is 68.7. The molecule has 0 spiro atoms. The van der Waals surface area contributed by atoms with Crippen molar-refractivity contribution in [3.8, 4) is 6.07 Å². The lowest BCUT2D eigenvalue weighted by molar-refractivity contribution is -0.196. The Morgan fingerprint density at radius 1 is 1.18 bits per heavy atom. The van der Waals surface area contributed by atoms with Crippen LogP contribution in [0, 0.1) is 29.1 Å². The van der Waals surface area contributed by atoms with Crippen molar-refractivity contribution >= 4 is 23.6 Å². The molecule has 2 bridgehead atoms. The van der Waals surface area contributed by atoms with Crippen molar-refractivity contribution in [2.45, 2.75) is 95.1 Å². The number of carbonyl (C=O) groups excluding carboxylic acids is 4. The van der Waals surface area contributed by atoms with Crippen molar-refractivity contribution < 1.29 is 41.1 Å². The smallest absolute Gasteiger partial charge is 0.356 e. The molecule has 9 nitrogen and oxygen atoms in total. The van der Waals surface area contributed by atoms with E-state index in [-0.39, 0.29) is 37.5 Å². The SMILES string of the molecule is CC(C)C[C@@H](NC(=O)C(F)(F)F)C(=O)N1[C@@H]2CC[C@H]([C@@H]1C(=O)N[C@@H](C#N)C[C@@H]1CCCNC1=O)C(F)(F)C2. The summed E-state index contributed by atoms with van der Waals surface area (Å²) >= 11 is 0. The van der Waals surface area contributed by atoms with Gasteiger partial charge in [0.05, 0.1) is 12.0 Å². The molecule has 38 heavy (non-hydrogen) atoms. The van der Waals surface area contributed by atoms with E-state index in [1.165, 1.54) is 0 Å². The molecular weight excluding hydrogens is 517 g/mol. The molecule has 3 aliphatic heterocycles. The molecule has 3 heterocycles. The predicted molar refractivity (Wildman–Crippen MR) is 122 cm³/mol. The number of hydrogen-bond acceptors (Lipinski definition) is 5. The number of nitrogens with zero attached hydrogens (tertiary/aromatic N) is 2. The van der Waals surface area contributed by atoms with E-state index in [9.17, 15) is 46.4 Å². The molecule has 4 amide bonds. The van der Waals surface area contributed by atoms with Crippen LogP contribution in [0.4, 0.5) is 22.0 Å². The third kappa shape index (κ3) is 6.53. The molecule has 6 atom stereocenters. The van der Waals surface area contributed by atoms with Crippen molar-refractivity contribution in [2.24, 2.45) is 17.8 Å². The zero-order chi connectivity index (χ0) is 28.4. The second-order valence-electron chi connectivity index (χ2n) is 10.7. The van der Waals surface area contributed by atoms with E-state index >= 15 is 0 Å². The lowest BCUT2D eigenvalue weighted by Crippen LogP contribution is -2.71. The van der Waals surface area contributed by atoms with Crippen molar-refractivity contribution in [1.29, 1.82) is 5.26 Å². The zero-order valence-electron chi connectivity index (χ0n) is 21.1. The Kier molecular flexibility index (Phi) is 8.88. The summed E-state index contributed by atoms with van der Waals surface area (Å²) in [5.74, 6) is -10.6. The summed E-state index contributed by atoms with van der Waals surface area (Å²) in [6.45, 7) is 3.71. The Bertz CT molecular complexity index is 982. The second kappa shape index (κ2) is 11.4. The number of fused-ring (bicyclic) bond motifs is 3. The summed E-state index contributed by atoms with van der Waals surface area (Å²) in [4.78, 5) is 51.5. The first-order valence-electron chi connectivity index (χ1n) is 12.7. The molecule has 0 radical (unpaired) electrons. The Morgan fingerprint density at radius 3 is 2.42 bits per heavy atom. The van der Waals surface area contributed by atoms with E-state index in [0.717, 1.165) is 4.90 Å². The molecule has 3 saturated heterocycles. The van der Waals surface area contributed by atoms with Gasteiger partial charge in [-0.1, -0.05) is 13.8 Å². The van der Waals surface area contributed by atoms with E-state index in [0.29, 0.717) is 19.4 Å². The molecule has 1 aliphatic carbocycles. The van der Waals surface area contributed by atoms with Gasteiger partial charge in [0.2, 0.25) is 17.7 Å². The Labute approximate surface area is 216 Å². The van der Waals surface area contributed by atoms with Crippen LogP contribution in [0.1, 0.15) is 58.8 Å². The molecule has 0 aromatic rings. The lowest BCUT2D eigenvalue weighted by atomic mass is 9.71. The largest absolute Gasteiger partial charge is 0.471 e. The highest BCUT2D eigenvalue weighted by Crippen LogP contribution is 2.49. The molecule has 14 heteroatoms. The molecular formula is C24H32F5N5O4. The molecule has 0 aromatic heterocycles. The number of nitriles is 1. The van der Waals surface area contributed by atoms with Gasteiger partial charge >= 0.3 is 12.1 Å². The first-order valence-corrected chi connectivity index (χ1v) is 12.7. The second-order valence-corrected chi connectivity index (χ2v) is 10.7. The van der Waals surface area contributed by atoms with Crippen LogP contribution in [0.2, 0.25) is 0 Å². The zero-order valence-corrected chi connectivity index (χ0v) is 21.1. The highest BCUT2D eigenvalue weighted by Gasteiger charge is 2.61. The predicted octanol–water partition coefficient (Wildman–Crippen LogP) is 2.02. The maximum absolute atomic E-state index is 14.9. The van der Waals surface area contributed by atoms with Gasteiger partial charge in [-0.3, -0.25) is 19.2 Å². The Morgan fingerprint density at radius 2 is 1.87 bits per heavy atom. The number of halogens is 5. The fourth-order valence-corrected chi connectivity index (χ4v) is 5.68. The van der Waals surface area contributed by atoms with Crippen molar-refractivity contribution in [3.63, 3.8) is 0 Å². The van der Waals surface area contributed by atoms with Crippen molar-refractivity contribution in [2.75, 3.05) is 6.54 Å². The van der Waals surface area contributed by atoms with Gasteiger partial charge < -0.3 is 20.9 Å². The maximum atomic E-state index is 14.9.